The zero-order valence-corrected chi connectivity index (χ0v) is 10.3. The van der Waals surface area contributed by atoms with E-state index in [4.69, 9.17) is 14.6 Å². The SMILES string of the molecule is COc1ccc2c(C[C@H](OC)C(=O)O)c[nH]c2c1. The first kappa shape index (κ1) is 12.4. The van der Waals surface area contributed by atoms with Crippen LogP contribution in [0.5, 0.6) is 5.75 Å². The van der Waals surface area contributed by atoms with Crippen molar-refractivity contribution in [3.05, 3.63) is 30.0 Å². The minimum Gasteiger partial charge on any atom is -0.497 e. The van der Waals surface area contributed by atoms with Crippen LogP contribution < -0.4 is 4.74 Å². The molecule has 0 saturated carbocycles. The molecular weight excluding hydrogens is 234 g/mol. The highest BCUT2D eigenvalue weighted by atomic mass is 16.5. The molecule has 2 aromatic rings. The maximum Gasteiger partial charge on any atom is 0.333 e. The molecule has 18 heavy (non-hydrogen) atoms. The molecule has 0 aliphatic rings. The van der Waals surface area contributed by atoms with Gasteiger partial charge in [0.15, 0.2) is 6.10 Å². The molecule has 1 heterocycles. The van der Waals surface area contributed by atoms with E-state index in [-0.39, 0.29) is 0 Å². The molecule has 0 saturated heterocycles. The van der Waals surface area contributed by atoms with Crippen molar-refractivity contribution in [2.75, 3.05) is 14.2 Å². The van der Waals surface area contributed by atoms with Gasteiger partial charge in [0.1, 0.15) is 5.75 Å². The summed E-state index contributed by atoms with van der Waals surface area (Å²) in [5, 5.41) is 9.96. The van der Waals surface area contributed by atoms with E-state index in [0.717, 1.165) is 22.2 Å². The molecular formula is C13H15NO4. The quantitative estimate of drug-likeness (QED) is 0.847. The molecule has 0 bridgehead atoms. The zero-order chi connectivity index (χ0) is 13.1. The Balaban J connectivity index is 2.32. The van der Waals surface area contributed by atoms with E-state index in [1.165, 1.54) is 7.11 Å². The second kappa shape index (κ2) is 5.10. The first-order chi connectivity index (χ1) is 8.65. The fourth-order valence-electron chi connectivity index (χ4n) is 1.93. The number of aromatic amines is 1. The van der Waals surface area contributed by atoms with Crippen LogP contribution in [0, 0.1) is 0 Å². The molecule has 1 aromatic carbocycles. The Bertz CT molecular complexity index is 561. The van der Waals surface area contributed by atoms with Crippen LogP contribution in [0.1, 0.15) is 5.56 Å². The van der Waals surface area contributed by atoms with Gasteiger partial charge in [-0.3, -0.25) is 0 Å². The number of carbonyl (C=O) groups is 1. The number of aromatic nitrogens is 1. The first-order valence-electron chi connectivity index (χ1n) is 5.55. The van der Waals surface area contributed by atoms with Crippen molar-refractivity contribution >= 4 is 16.9 Å². The topological polar surface area (TPSA) is 71.6 Å². The molecule has 5 heteroatoms. The number of H-pyrrole nitrogens is 1. The number of methoxy groups -OCH3 is 2. The molecule has 0 radical (unpaired) electrons. The summed E-state index contributed by atoms with van der Waals surface area (Å²) >= 11 is 0. The molecule has 0 amide bonds. The lowest BCUT2D eigenvalue weighted by Crippen LogP contribution is -2.24. The van der Waals surface area contributed by atoms with Crippen molar-refractivity contribution in [3.63, 3.8) is 0 Å². The van der Waals surface area contributed by atoms with Crippen LogP contribution in [0.15, 0.2) is 24.4 Å². The van der Waals surface area contributed by atoms with Crippen molar-refractivity contribution in [2.24, 2.45) is 0 Å². The highest BCUT2D eigenvalue weighted by Crippen LogP contribution is 2.24. The molecule has 0 unspecified atom stereocenters. The van der Waals surface area contributed by atoms with Crippen LogP contribution in [0.2, 0.25) is 0 Å². The number of carboxylic acids is 1. The Hall–Kier alpha value is -2.01. The second-order valence-electron chi connectivity index (χ2n) is 3.99. The number of ether oxygens (including phenoxy) is 2. The van der Waals surface area contributed by atoms with Crippen LogP contribution in [0.3, 0.4) is 0 Å². The Morgan fingerprint density at radius 3 is 2.83 bits per heavy atom. The number of fused-ring (bicyclic) bond motifs is 1. The fourth-order valence-corrected chi connectivity index (χ4v) is 1.93. The van der Waals surface area contributed by atoms with Crippen LogP contribution >= 0.6 is 0 Å². The van der Waals surface area contributed by atoms with Gasteiger partial charge < -0.3 is 19.6 Å². The van der Waals surface area contributed by atoms with Gasteiger partial charge in [0.2, 0.25) is 0 Å². The summed E-state index contributed by atoms with van der Waals surface area (Å²) in [4.78, 5) is 14.0. The first-order valence-corrected chi connectivity index (χ1v) is 5.55. The van der Waals surface area contributed by atoms with Gasteiger partial charge in [0.25, 0.3) is 0 Å². The van der Waals surface area contributed by atoms with Gasteiger partial charge in [-0.1, -0.05) is 0 Å². The largest absolute Gasteiger partial charge is 0.497 e. The smallest absolute Gasteiger partial charge is 0.333 e. The summed E-state index contributed by atoms with van der Waals surface area (Å²) in [5.74, 6) is -0.196. The van der Waals surface area contributed by atoms with Gasteiger partial charge >= 0.3 is 5.97 Å². The molecule has 0 aliphatic heterocycles. The van der Waals surface area contributed by atoms with E-state index in [1.54, 1.807) is 13.3 Å². The van der Waals surface area contributed by atoms with Gasteiger partial charge in [0.05, 0.1) is 7.11 Å². The Morgan fingerprint density at radius 2 is 2.22 bits per heavy atom. The minimum absolute atomic E-state index is 0.332. The Morgan fingerprint density at radius 1 is 1.44 bits per heavy atom. The number of hydrogen-bond acceptors (Lipinski definition) is 3. The second-order valence-corrected chi connectivity index (χ2v) is 3.99. The van der Waals surface area contributed by atoms with E-state index in [9.17, 15) is 4.79 Å². The van der Waals surface area contributed by atoms with Gasteiger partial charge in [-0.05, 0) is 17.7 Å². The third-order valence-corrected chi connectivity index (χ3v) is 2.94. The average Bonchev–Trinajstić information content (AvgIpc) is 2.77. The third kappa shape index (κ3) is 2.31. The van der Waals surface area contributed by atoms with Crippen LogP contribution in [0.25, 0.3) is 10.9 Å². The molecule has 5 nitrogen and oxygen atoms in total. The van der Waals surface area contributed by atoms with Crippen LogP contribution in [-0.4, -0.2) is 36.4 Å². The predicted octanol–water partition coefficient (Wildman–Crippen LogP) is 1.82. The number of nitrogens with one attached hydrogen (secondary N) is 1. The minimum atomic E-state index is -0.958. The summed E-state index contributed by atoms with van der Waals surface area (Å²) < 4.78 is 10.1. The molecule has 0 aliphatic carbocycles. The number of rotatable bonds is 5. The highest BCUT2D eigenvalue weighted by molar-refractivity contribution is 5.85. The lowest BCUT2D eigenvalue weighted by atomic mass is 10.1. The predicted molar refractivity (Wildman–Crippen MR) is 67.0 cm³/mol. The molecule has 1 atom stereocenters. The monoisotopic (exact) mass is 249 g/mol. The molecule has 96 valence electrons. The summed E-state index contributed by atoms with van der Waals surface area (Å²) in [7, 11) is 3.01. The third-order valence-electron chi connectivity index (χ3n) is 2.94. The Kier molecular flexibility index (Phi) is 3.53. The number of benzene rings is 1. The zero-order valence-electron chi connectivity index (χ0n) is 10.3. The van der Waals surface area contributed by atoms with E-state index < -0.39 is 12.1 Å². The highest BCUT2D eigenvalue weighted by Gasteiger charge is 2.18. The van der Waals surface area contributed by atoms with Crippen molar-refractivity contribution in [2.45, 2.75) is 12.5 Å². The number of aliphatic carboxylic acids is 1. The lowest BCUT2D eigenvalue weighted by molar-refractivity contribution is -0.148. The standard InChI is InChI=1S/C13H15NO4/c1-17-9-3-4-10-8(7-14-11(10)6-9)5-12(18-2)13(15)16/h3-4,6-7,12,14H,5H2,1-2H3,(H,15,16)/t12-/m0/s1. The van der Waals surface area contributed by atoms with Crippen molar-refractivity contribution in [1.82, 2.24) is 4.98 Å². The lowest BCUT2D eigenvalue weighted by Gasteiger charge is -2.09. The van der Waals surface area contributed by atoms with Crippen molar-refractivity contribution in [1.29, 1.82) is 0 Å². The summed E-state index contributed by atoms with van der Waals surface area (Å²) in [6.07, 6.45) is 1.31. The van der Waals surface area contributed by atoms with Gasteiger partial charge in [0, 0.05) is 36.7 Å². The fraction of sp³-hybridized carbons (Fsp3) is 0.308. The van der Waals surface area contributed by atoms with E-state index in [0.29, 0.717) is 6.42 Å². The van der Waals surface area contributed by atoms with E-state index >= 15 is 0 Å². The molecule has 2 N–H and O–H groups in total. The summed E-state index contributed by atoms with van der Waals surface area (Å²) in [6, 6.07) is 5.64. The molecule has 0 spiro atoms. The van der Waals surface area contributed by atoms with Crippen LogP contribution in [-0.2, 0) is 16.0 Å². The average molecular weight is 249 g/mol. The molecule has 0 fully saturated rings. The maximum atomic E-state index is 10.9. The van der Waals surface area contributed by atoms with Crippen molar-refractivity contribution in [3.8, 4) is 5.75 Å². The van der Waals surface area contributed by atoms with Gasteiger partial charge in [-0.15, -0.1) is 0 Å². The molecule has 2 rings (SSSR count). The van der Waals surface area contributed by atoms with Crippen molar-refractivity contribution < 1.29 is 19.4 Å². The maximum absolute atomic E-state index is 10.9. The van der Waals surface area contributed by atoms with E-state index in [1.807, 2.05) is 18.2 Å². The molecule has 1 aromatic heterocycles. The van der Waals surface area contributed by atoms with Crippen LogP contribution in [0.4, 0.5) is 0 Å². The number of hydrogen-bond donors (Lipinski definition) is 2. The summed E-state index contributed by atoms with van der Waals surface area (Å²) in [6.45, 7) is 0. The number of carboxylic acid groups (broad SMARTS) is 1. The summed E-state index contributed by atoms with van der Waals surface area (Å²) in [5.41, 5.74) is 1.84. The van der Waals surface area contributed by atoms with Gasteiger partial charge in [-0.25, -0.2) is 4.79 Å². The Labute approximate surface area is 104 Å². The van der Waals surface area contributed by atoms with Gasteiger partial charge in [-0.2, -0.15) is 0 Å². The normalized spacial score (nSPS) is 12.6. The van der Waals surface area contributed by atoms with E-state index in [2.05, 4.69) is 4.98 Å².